The zero-order valence-corrected chi connectivity index (χ0v) is 14.6. The highest BCUT2D eigenvalue weighted by molar-refractivity contribution is 6.10. The quantitative estimate of drug-likeness (QED) is 0.567. The SMILES string of the molecule is COc1ccc(/C=C/C(=O)CC(=O)/C=C/c2ccc(CO)cc2F)c(F)c1. The molecule has 0 aromatic heterocycles. The molecule has 2 aromatic rings. The van der Waals surface area contributed by atoms with E-state index in [1.54, 1.807) is 6.07 Å². The van der Waals surface area contributed by atoms with E-state index < -0.39 is 29.6 Å². The first-order chi connectivity index (χ1) is 12.9. The van der Waals surface area contributed by atoms with Crippen molar-refractivity contribution in [2.75, 3.05) is 7.11 Å². The summed E-state index contributed by atoms with van der Waals surface area (Å²) in [5, 5.41) is 8.93. The first kappa shape index (κ1) is 20.2. The number of ether oxygens (including phenoxy) is 1. The molecule has 0 fully saturated rings. The van der Waals surface area contributed by atoms with E-state index in [0.717, 1.165) is 12.2 Å². The lowest BCUT2D eigenvalue weighted by molar-refractivity contribution is -0.121. The van der Waals surface area contributed by atoms with Gasteiger partial charge in [0.15, 0.2) is 11.6 Å². The van der Waals surface area contributed by atoms with Gasteiger partial charge in [-0.1, -0.05) is 12.1 Å². The number of hydrogen-bond donors (Lipinski definition) is 1. The second-order valence-corrected chi connectivity index (χ2v) is 5.68. The highest BCUT2D eigenvalue weighted by atomic mass is 19.1. The van der Waals surface area contributed by atoms with E-state index in [9.17, 15) is 18.4 Å². The van der Waals surface area contributed by atoms with Crippen molar-refractivity contribution in [1.29, 1.82) is 0 Å². The van der Waals surface area contributed by atoms with Crippen LogP contribution >= 0.6 is 0 Å². The zero-order valence-electron chi connectivity index (χ0n) is 14.6. The van der Waals surface area contributed by atoms with Crippen molar-refractivity contribution >= 4 is 23.7 Å². The molecule has 0 radical (unpaired) electrons. The fourth-order valence-electron chi connectivity index (χ4n) is 2.23. The van der Waals surface area contributed by atoms with Crippen LogP contribution in [0.25, 0.3) is 12.2 Å². The van der Waals surface area contributed by atoms with E-state index in [1.165, 1.54) is 49.6 Å². The van der Waals surface area contributed by atoms with Gasteiger partial charge >= 0.3 is 0 Å². The van der Waals surface area contributed by atoms with Gasteiger partial charge in [0.25, 0.3) is 0 Å². The minimum atomic E-state index is -0.577. The first-order valence-corrected chi connectivity index (χ1v) is 8.07. The monoisotopic (exact) mass is 372 g/mol. The number of carbonyl (C=O) groups is 2. The van der Waals surface area contributed by atoms with Crippen LogP contribution in [-0.2, 0) is 16.2 Å². The largest absolute Gasteiger partial charge is 0.497 e. The highest BCUT2D eigenvalue weighted by Crippen LogP contribution is 2.17. The van der Waals surface area contributed by atoms with Crippen molar-refractivity contribution < 1.29 is 28.2 Å². The molecular weight excluding hydrogens is 354 g/mol. The van der Waals surface area contributed by atoms with Gasteiger partial charge in [0.2, 0.25) is 0 Å². The second-order valence-electron chi connectivity index (χ2n) is 5.68. The van der Waals surface area contributed by atoms with Crippen molar-refractivity contribution in [2.45, 2.75) is 13.0 Å². The number of allylic oxidation sites excluding steroid dienone is 2. The van der Waals surface area contributed by atoms with Gasteiger partial charge in [-0.3, -0.25) is 9.59 Å². The molecule has 2 aromatic carbocycles. The molecule has 0 spiro atoms. The van der Waals surface area contributed by atoms with Crippen molar-refractivity contribution in [1.82, 2.24) is 0 Å². The van der Waals surface area contributed by atoms with Crippen LogP contribution in [0.15, 0.2) is 48.6 Å². The molecule has 0 bridgehead atoms. The Kier molecular flexibility index (Phi) is 7.14. The molecule has 140 valence electrons. The fraction of sp³-hybridized carbons (Fsp3) is 0.143. The third-order valence-electron chi connectivity index (χ3n) is 3.70. The maximum Gasteiger partial charge on any atom is 0.163 e. The Labute approximate surface area is 155 Å². The number of benzene rings is 2. The van der Waals surface area contributed by atoms with E-state index in [1.807, 2.05) is 0 Å². The normalized spacial score (nSPS) is 11.3. The van der Waals surface area contributed by atoms with Crippen molar-refractivity contribution in [3.63, 3.8) is 0 Å². The number of carbonyl (C=O) groups excluding carboxylic acids is 2. The predicted molar refractivity (Wildman–Crippen MR) is 98.0 cm³/mol. The number of rotatable bonds is 8. The molecule has 1 N–H and O–H groups in total. The minimum absolute atomic E-state index is 0.170. The lowest BCUT2D eigenvalue weighted by atomic mass is 10.1. The second kappa shape index (κ2) is 9.54. The summed E-state index contributed by atoms with van der Waals surface area (Å²) in [5.41, 5.74) is 0.782. The van der Waals surface area contributed by atoms with Gasteiger partial charge in [-0.25, -0.2) is 8.78 Å². The van der Waals surface area contributed by atoms with Crippen LogP contribution in [0.3, 0.4) is 0 Å². The molecule has 0 heterocycles. The summed E-state index contributed by atoms with van der Waals surface area (Å²) >= 11 is 0. The Morgan fingerprint density at radius 2 is 1.52 bits per heavy atom. The third-order valence-corrected chi connectivity index (χ3v) is 3.70. The van der Waals surface area contributed by atoms with E-state index in [-0.39, 0.29) is 17.7 Å². The lowest BCUT2D eigenvalue weighted by Gasteiger charge is -2.01. The fourth-order valence-corrected chi connectivity index (χ4v) is 2.23. The minimum Gasteiger partial charge on any atom is -0.497 e. The zero-order chi connectivity index (χ0) is 19.8. The van der Waals surface area contributed by atoms with Gasteiger partial charge in [0.1, 0.15) is 17.4 Å². The Morgan fingerprint density at radius 3 is 2.00 bits per heavy atom. The molecule has 0 saturated heterocycles. The maximum atomic E-state index is 13.8. The van der Waals surface area contributed by atoms with Gasteiger partial charge in [0, 0.05) is 17.2 Å². The van der Waals surface area contributed by atoms with Crippen LogP contribution in [0.1, 0.15) is 23.1 Å². The van der Waals surface area contributed by atoms with Crippen LogP contribution in [-0.4, -0.2) is 23.8 Å². The molecule has 0 aliphatic rings. The average molecular weight is 372 g/mol. The molecular formula is C21H18F2O4. The van der Waals surface area contributed by atoms with Crippen LogP contribution in [0.4, 0.5) is 8.78 Å². The van der Waals surface area contributed by atoms with Crippen LogP contribution in [0, 0.1) is 11.6 Å². The first-order valence-electron chi connectivity index (χ1n) is 8.07. The summed E-state index contributed by atoms with van der Waals surface area (Å²) in [6.45, 7) is -0.282. The molecule has 0 atom stereocenters. The van der Waals surface area contributed by atoms with Gasteiger partial charge in [-0.15, -0.1) is 0 Å². The summed E-state index contributed by atoms with van der Waals surface area (Å²) in [6, 6.07) is 8.33. The van der Waals surface area contributed by atoms with Crippen molar-refractivity contribution in [3.05, 3.63) is 76.9 Å². The Balaban J connectivity index is 1.96. The van der Waals surface area contributed by atoms with E-state index in [0.29, 0.717) is 11.3 Å². The van der Waals surface area contributed by atoms with Gasteiger partial charge < -0.3 is 9.84 Å². The average Bonchev–Trinajstić information content (AvgIpc) is 2.65. The van der Waals surface area contributed by atoms with Gasteiger partial charge in [0.05, 0.1) is 20.1 Å². The number of halogens is 2. The summed E-state index contributed by atoms with van der Waals surface area (Å²) in [5.74, 6) is -1.78. The van der Waals surface area contributed by atoms with E-state index >= 15 is 0 Å². The van der Waals surface area contributed by atoms with Crippen molar-refractivity contribution in [2.24, 2.45) is 0 Å². The molecule has 6 heteroatoms. The third kappa shape index (κ3) is 5.97. The van der Waals surface area contributed by atoms with Gasteiger partial charge in [-0.2, -0.15) is 0 Å². The van der Waals surface area contributed by atoms with Crippen LogP contribution in [0.5, 0.6) is 5.75 Å². The van der Waals surface area contributed by atoms with E-state index in [2.05, 4.69) is 0 Å². The van der Waals surface area contributed by atoms with Crippen LogP contribution < -0.4 is 4.74 Å². The molecule has 0 aliphatic carbocycles. The summed E-state index contributed by atoms with van der Waals surface area (Å²) in [6.07, 6.45) is 4.35. The molecule has 4 nitrogen and oxygen atoms in total. The molecule has 2 rings (SSSR count). The van der Waals surface area contributed by atoms with Gasteiger partial charge in [-0.05, 0) is 48.1 Å². The predicted octanol–water partition coefficient (Wildman–Crippen LogP) is 3.72. The Bertz CT molecular complexity index is 828. The Morgan fingerprint density at radius 1 is 0.963 bits per heavy atom. The van der Waals surface area contributed by atoms with Crippen LogP contribution in [0.2, 0.25) is 0 Å². The summed E-state index contributed by atoms with van der Waals surface area (Å²) < 4.78 is 32.4. The molecule has 0 amide bonds. The Hall–Kier alpha value is -3.12. The number of aliphatic hydroxyl groups is 1. The topological polar surface area (TPSA) is 63.6 Å². The molecule has 27 heavy (non-hydrogen) atoms. The maximum absolute atomic E-state index is 13.8. The summed E-state index contributed by atoms with van der Waals surface area (Å²) in [7, 11) is 1.42. The molecule has 0 saturated carbocycles. The number of hydrogen-bond acceptors (Lipinski definition) is 4. The molecule has 0 aliphatic heterocycles. The lowest BCUT2D eigenvalue weighted by Crippen LogP contribution is -2.02. The standard InChI is InChI=1S/C21H18F2O4/c1-27-19-9-6-16(21(23)12-19)5-8-18(26)11-17(25)7-4-15-3-2-14(13-24)10-20(15)22/h2-10,12,24H,11,13H2,1H3/b7-4+,8-5+. The number of methoxy groups -OCH3 is 1. The smallest absolute Gasteiger partial charge is 0.163 e. The number of ketones is 2. The highest BCUT2D eigenvalue weighted by Gasteiger charge is 2.06. The van der Waals surface area contributed by atoms with Crippen molar-refractivity contribution in [3.8, 4) is 5.75 Å². The van der Waals surface area contributed by atoms with E-state index in [4.69, 9.17) is 9.84 Å². The summed E-state index contributed by atoms with van der Waals surface area (Å²) in [4.78, 5) is 23.7. The number of aliphatic hydroxyl groups excluding tert-OH is 1. The molecule has 0 unspecified atom stereocenters.